The first-order chi connectivity index (χ1) is 8.10. The molecule has 0 saturated carbocycles. The third kappa shape index (κ3) is 7.31. The summed E-state index contributed by atoms with van der Waals surface area (Å²) in [5, 5.41) is 0. The lowest BCUT2D eigenvalue weighted by atomic mass is 9.85. The standard InChI is InChI=1S/C12H28N2O3S/c1-11(12(2,3)10-14(4)5)13-18(15,16)9-7-8-17-6/h11,13H,7-10H2,1-6H3/t11-/m0/s1. The second kappa shape index (κ2) is 7.43. The van der Waals surface area contributed by atoms with E-state index in [0.717, 1.165) is 6.54 Å². The van der Waals surface area contributed by atoms with Crippen molar-refractivity contribution < 1.29 is 13.2 Å². The molecule has 0 unspecified atom stereocenters. The predicted molar refractivity (Wildman–Crippen MR) is 75.2 cm³/mol. The highest BCUT2D eigenvalue weighted by molar-refractivity contribution is 7.89. The minimum absolute atomic E-state index is 0.104. The monoisotopic (exact) mass is 280 g/mol. The van der Waals surface area contributed by atoms with Gasteiger partial charge in [0.05, 0.1) is 5.75 Å². The van der Waals surface area contributed by atoms with Gasteiger partial charge in [-0.3, -0.25) is 0 Å². The summed E-state index contributed by atoms with van der Waals surface area (Å²) < 4.78 is 31.3. The second-order valence-electron chi connectivity index (χ2n) is 5.73. The van der Waals surface area contributed by atoms with E-state index in [0.29, 0.717) is 13.0 Å². The first kappa shape index (κ1) is 17.8. The SMILES string of the molecule is COCCCS(=O)(=O)N[C@@H](C)C(C)(C)CN(C)C. The maximum absolute atomic E-state index is 11.9. The van der Waals surface area contributed by atoms with Gasteiger partial charge in [-0.05, 0) is 32.9 Å². The maximum atomic E-state index is 11.9. The van der Waals surface area contributed by atoms with Crippen LogP contribution in [-0.4, -0.2) is 59.5 Å². The number of hydrogen-bond donors (Lipinski definition) is 1. The number of sulfonamides is 1. The fourth-order valence-corrected chi connectivity index (χ4v) is 3.31. The van der Waals surface area contributed by atoms with Crippen LogP contribution in [-0.2, 0) is 14.8 Å². The number of rotatable bonds is 9. The number of ether oxygens (including phenoxy) is 1. The lowest BCUT2D eigenvalue weighted by Crippen LogP contribution is -2.47. The Bertz CT molecular complexity index is 326. The smallest absolute Gasteiger partial charge is 0.211 e. The van der Waals surface area contributed by atoms with Gasteiger partial charge in [-0.1, -0.05) is 13.8 Å². The maximum Gasteiger partial charge on any atom is 0.211 e. The van der Waals surface area contributed by atoms with Crippen LogP contribution in [0.15, 0.2) is 0 Å². The quantitative estimate of drug-likeness (QED) is 0.638. The van der Waals surface area contributed by atoms with E-state index in [9.17, 15) is 8.42 Å². The molecule has 18 heavy (non-hydrogen) atoms. The number of nitrogens with zero attached hydrogens (tertiary/aromatic N) is 1. The van der Waals surface area contributed by atoms with E-state index in [1.54, 1.807) is 7.11 Å². The van der Waals surface area contributed by atoms with E-state index in [2.05, 4.69) is 23.5 Å². The molecule has 0 aromatic heterocycles. The molecule has 0 saturated heterocycles. The molecular weight excluding hydrogens is 252 g/mol. The van der Waals surface area contributed by atoms with E-state index in [4.69, 9.17) is 4.74 Å². The summed E-state index contributed by atoms with van der Waals surface area (Å²) in [7, 11) is 2.33. The Hall–Kier alpha value is -0.170. The van der Waals surface area contributed by atoms with Crippen LogP contribution < -0.4 is 4.72 Å². The molecule has 0 amide bonds. The molecule has 0 aromatic carbocycles. The van der Waals surface area contributed by atoms with E-state index in [-0.39, 0.29) is 17.2 Å². The number of hydrogen-bond acceptors (Lipinski definition) is 4. The minimum Gasteiger partial charge on any atom is -0.385 e. The summed E-state index contributed by atoms with van der Waals surface area (Å²) in [4.78, 5) is 2.07. The van der Waals surface area contributed by atoms with E-state index in [1.165, 1.54) is 0 Å². The molecule has 0 aliphatic carbocycles. The van der Waals surface area contributed by atoms with Gasteiger partial charge < -0.3 is 9.64 Å². The minimum atomic E-state index is -3.22. The molecule has 0 rings (SSSR count). The van der Waals surface area contributed by atoms with Crippen LogP contribution in [0.4, 0.5) is 0 Å². The summed E-state index contributed by atoms with van der Waals surface area (Å²) in [5.41, 5.74) is -0.113. The molecule has 0 fully saturated rings. The van der Waals surface area contributed by atoms with E-state index >= 15 is 0 Å². The van der Waals surface area contributed by atoms with Crippen molar-refractivity contribution in [3.8, 4) is 0 Å². The number of methoxy groups -OCH3 is 1. The summed E-state index contributed by atoms with van der Waals surface area (Å²) in [6.07, 6.45) is 0.520. The van der Waals surface area contributed by atoms with Gasteiger partial charge in [0, 0.05) is 26.3 Å². The van der Waals surface area contributed by atoms with E-state index < -0.39 is 10.0 Å². The van der Waals surface area contributed by atoms with Crippen LogP contribution in [0.3, 0.4) is 0 Å². The third-order valence-electron chi connectivity index (χ3n) is 3.01. The van der Waals surface area contributed by atoms with Gasteiger partial charge in [0.1, 0.15) is 0 Å². The summed E-state index contributed by atoms with van der Waals surface area (Å²) in [5.74, 6) is 0.114. The fourth-order valence-electron chi connectivity index (χ4n) is 1.83. The van der Waals surface area contributed by atoms with Crippen molar-refractivity contribution in [2.24, 2.45) is 5.41 Å². The van der Waals surface area contributed by atoms with Crippen molar-refractivity contribution in [2.75, 3.05) is 40.1 Å². The van der Waals surface area contributed by atoms with E-state index in [1.807, 2.05) is 21.0 Å². The highest BCUT2D eigenvalue weighted by atomic mass is 32.2. The Kier molecular flexibility index (Phi) is 7.36. The van der Waals surface area contributed by atoms with Crippen LogP contribution in [0.1, 0.15) is 27.2 Å². The Labute approximate surface area is 112 Å². The van der Waals surface area contributed by atoms with Crippen molar-refractivity contribution in [1.82, 2.24) is 9.62 Å². The molecule has 6 heteroatoms. The van der Waals surface area contributed by atoms with Gasteiger partial charge in [0.2, 0.25) is 10.0 Å². The predicted octanol–water partition coefficient (Wildman–Crippen LogP) is 0.919. The summed E-state index contributed by atoms with van der Waals surface area (Å²) in [6, 6.07) is -0.104. The molecular formula is C12H28N2O3S. The van der Waals surface area contributed by atoms with Crippen molar-refractivity contribution >= 4 is 10.0 Å². The zero-order valence-electron chi connectivity index (χ0n) is 12.5. The molecule has 0 bridgehead atoms. The topological polar surface area (TPSA) is 58.6 Å². The average Bonchev–Trinajstić information content (AvgIpc) is 2.14. The second-order valence-corrected chi connectivity index (χ2v) is 7.60. The molecule has 0 aliphatic rings. The highest BCUT2D eigenvalue weighted by Crippen LogP contribution is 2.21. The van der Waals surface area contributed by atoms with Crippen molar-refractivity contribution in [1.29, 1.82) is 0 Å². The van der Waals surface area contributed by atoms with Gasteiger partial charge in [-0.15, -0.1) is 0 Å². The zero-order chi connectivity index (χ0) is 14.4. The Morgan fingerprint density at radius 3 is 2.33 bits per heavy atom. The normalized spacial score (nSPS) is 15.1. The van der Waals surface area contributed by atoms with Crippen LogP contribution in [0.25, 0.3) is 0 Å². The molecule has 5 nitrogen and oxygen atoms in total. The zero-order valence-corrected chi connectivity index (χ0v) is 13.3. The Balaban J connectivity index is 4.40. The lowest BCUT2D eigenvalue weighted by molar-refractivity contribution is 0.195. The molecule has 0 aliphatic heterocycles. The van der Waals surface area contributed by atoms with Crippen LogP contribution in [0.5, 0.6) is 0 Å². The van der Waals surface area contributed by atoms with Crippen LogP contribution >= 0.6 is 0 Å². The highest BCUT2D eigenvalue weighted by Gasteiger charge is 2.29. The molecule has 0 aromatic rings. The molecule has 1 atom stereocenters. The van der Waals surface area contributed by atoms with Gasteiger partial charge in [-0.2, -0.15) is 0 Å². The van der Waals surface area contributed by atoms with Gasteiger partial charge in [-0.25, -0.2) is 13.1 Å². The first-order valence-electron chi connectivity index (χ1n) is 6.24. The van der Waals surface area contributed by atoms with Crippen molar-refractivity contribution in [3.05, 3.63) is 0 Å². The largest absolute Gasteiger partial charge is 0.385 e. The lowest BCUT2D eigenvalue weighted by Gasteiger charge is -2.34. The Morgan fingerprint density at radius 2 is 1.89 bits per heavy atom. The third-order valence-corrected chi connectivity index (χ3v) is 4.55. The van der Waals surface area contributed by atoms with Crippen LogP contribution in [0, 0.1) is 5.41 Å². The van der Waals surface area contributed by atoms with Gasteiger partial charge in [0.15, 0.2) is 0 Å². The molecule has 0 radical (unpaired) electrons. The van der Waals surface area contributed by atoms with Crippen molar-refractivity contribution in [2.45, 2.75) is 33.2 Å². The van der Waals surface area contributed by atoms with Gasteiger partial charge in [0.25, 0.3) is 0 Å². The van der Waals surface area contributed by atoms with Crippen LogP contribution in [0.2, 0.25) is 0 Å². The Morgan fingerprint density at radius 1 is 1.33 bits per heavy atom. The summed E-state index contributed by atoms with van der Waals surface area (Å²) >= 11 is 0. The van der Waals surface area contributed by atoms with Crippen molar-refractivity contribution in [3.63, 3.8) is 0 Å². The molecule has 0 spiro atoms. The fraction of sp³-hybridized carbons (Fsp3) is 1.00. The average molecular weight is 280 g/mol. The molecule has 1 N–H and O–H groups in total. The summed E-state index contributed by atoms with van der Waals surface area (Å²) in [6.45, 7) is 7.34. The molecule has 0 heterocycles. The van der Waals surface area contributed by atoms with Gasteiger partial charge >= 0.3 is 0 Å². The molecule has 110 valence electrons. The number of nitrogens with one attached hydrogen (secondary N) is 1. The first-order valence-corrected chi connectivity index (χ1v) is 7.89.